The number of primary amides is 1. The SMILES string of the molecule is NC(=O)NC(=NCCC[C@@H](COC(=O)Nc1cc2ccccc2cn1)NC(=O)CNCc1cccc(F)c1Cl)NCCO. The van der Waals surface area contributed by atoms with Gasteiger partial charge >= 0.3 is 12.1 Å². The number of aliphatic hydroxyl groups excluding tert-OH is 1. The van der Waals surface area contributed by atoms with Crippen molar-refractivity contribution >= 4 is 52.2 Å². The van der Waals surface area contributed by atoms with Gasteiger partial charge in [-0.2, -0.15) is 0 Å². The van der Waals surface area contributed by atoms with Crippen molar-refractivity contribution in [3.8, 4) is 0 Å². The Balaban J connectivity index is 1.56. The second-order valence-electron chi connectivity index (χ2n) is 9.23. The van der Waals surface area contributed by atoms with Crippen LogP contribution in [0, 0.1) is 5.82 Å². The fraction of sp³-hybridized carbons (Fsp3) is 0.321. The molecule has 3 rings (SSSR count). The van der Waals surface area contributed by atoms with Crippen molar-refractivity contribution in [1.29, 1.82) is 0 Å². The Bertz CT molecular complexity index is 1430. The summed E-state index contributed by atoms with van der Waals surface area (Å²) in [6.45, 7) is 0.107. The van der Waals surface area contributed by atoms with E-state index < -0.39 is 24.0 Å². The lowest BCUT2D eigenvalue weighted by molar-refractivity contribution is -0.121. The van der Waals surface area contributed by atoms with Crippen LogP contribution >= 0.6 is 11.6 Å². The zero-order chi connectivity index (χ0) is 31.0. The number of nitrogens with two attached hydrogens (primary N) is 1. The van der Waals surface area contributed by atoms with Crippen LogP contribution in [-0.2, 0) is 16.1 Å². The lowest BCUT2D eigenvalue weighted by Crippen LogP contribution is -2.45. The summed E-state index contributed by atoms with van der Waals surface area (Å²) in [6, 6.07) is 12.3. The van der Waals surface area contributed by atoms with Crippen molar-refractivity contribution in [3.63, 3.8) is 0 Å². The van der Waals surface area contributed by atoms with E-state index >= 15 is 0 Å². The molecular formula is C28H34ClFN8O5. The third kappa shape index (κ3) is 11.7. The number of carbonyl (C=O) groups is 3. The molecule has 0 fully saturated rings. The minimum atomic E-state index is -0.818. The topological polar surface area (TPSA) is 192 Å². The number of guanidine groups is 1. The molecule has 1 atom stereocenters. The molecule has 0 saturated heterocycles. The summed E-state index contributed by atoms with van der Waals surface area (Å²) in [5.41, 5.74) is 5.65. The van der Waals surface area contributed by atoms with Crippen LogP contribution in [0.3, 0.4) is 0 Å². The predicted molar refractivity (Wildman–Crippen MR) is 161 cm³/mol. The largest absolute Gasteiger partial charge is 0.447 e. The number of amides is 4. The number of rotatable bonds is 14. The van der Waals surface area contributed by atoms with E-state index in [1.165, 1.54) is 12.1 Å². The molecule has 2 aromatic carbocycles. The van der Waals surface area contributed by atoms with Crippen LogP contribution in [0.1, 0.15) is 18.4 Å². The Kier molecular flexibility index (Phi) is 13.4. The number of halogens is 2. The molecule has 0 bridgehead atoms. The zero-order valence-corrected chi connectivity index (χ0v) is 24.0. The number of aliphatic hydroxyl groups is 1. The predicted octanol–water partition coefficient (Wildman–Crippen LogP) is 2.24. The van der Waals surface area contributed by atoms with Crippen LogP contribution in [0.25, 0.3) is 10.8 Å². The maximum Gasteiger partial charge on any atom is 0.412 e. The molecule has 0 radical (unpaired) electrons. The second-order valence-corrected chi connectivity index (χ2v) is 9.61. The van der Waals surface area contributed by atoms with Crippen molar-refractivity contribution in [2.75, 3.05) is 38.2 Å². The summed E-state index contributed by atoms with van der Waals surface area (Å²) in [5, 5.41) is 24.1. The number of nitrogens with one attached hydrogen (secondary N) is 5. The summed E-state index contributed by atoms with van der Waals surface area (Å²) < 4.78 is 19.0. The molecule has 0 aliphatic heterocycles. The molecule has 1 aromatic heterocycles. The number of aliphatic imine (C=N–C) groups is 1. The number of carbonyl (C=O) groups excluding carboxylic acids is 3. The molecule has 43 heavy (non-hydrogen) atoms. The van der Waals surface area contributed by atoms with Gasteiger partial charge in [0.25, 0.3) is 0 Å². The van der Waals surface area contributed by atoms with E-state index in [9.17, 15) is 18.8 Å². The number of nitrogens with zero attached hydrogens (tertiary/aromatic N) is 2. The fourth-order valence-corrected chi connectivity index (χ4v) is 4.09. The molecule has 1 heterocycles. The minimum absolute atomic E-state index is 0.0205. The highest BCUT2D eigenvalue weighted by molar-refractivity contribution is 6.31. The Morgan fingerprint density at radius 2 is 1.93 bits per heavy atom. The normalized spacial score (nSPS) is 11.9. The number of hydrogen-bond donors (Lipinski definition) is 7. The van der Waals surface area contributed by atoms with E-state index in [0.717, 1.165) is 10.8 Å². The van der Waals surface area contributed by atoms with Crippen LogP contribution in [0.15, 0.2) is 59.7 Å². The summed E-state index contributed by atoms with van der Waals surface area (Å²) >= 11 is 5.97. The first-order valence-corrected chi connectivity index (χ1v) is 13.8. The van der Waals surface area contributed by atoms with Crippen LogP contribution in [0.5, 0.6) is 0 Å². The Hall–Kier alpha value is -4.53. The zero-order valence-electron chi connectivity index (χ0n) is 23.2. The maximum atomic E-state index is 13.7. The quantitative estimate of drug-likeness (QED) is 0.0814. The molecule has 0 aliphatic carbocycles. The first-order valence-electron chi connectivity index (χ1n) is 13.4. The number of urea groups is 1. The fourth-order valence-electron chi connectivity index (χ4n) is 3.90. The standard InChI is InChI=1S/C28H34ClFN8O5/c29-25-20(7-3-9-22(25)30)14-32-16-24(40)36-21(8-4-10-33-27(34-11-12-39)38-26(31)41)17-43-28(42)37-23-13-18-5-1-2-6-19(18)15-35-23/h1-3,5-7,9,13,15,21,32,39H,4,8,10-12,14,16-17H2,(H,36,40)(H,35,37,42)(H4,31,33,34,38,41)/t21-/m0/s1. The highest BCUT2D eigenvalue weighted by Crippen LogP contribution is 2.19. The van der Waals surface area contributed by atoms with Crippen molar-refractivity contribution in [3.05, 3.63) is 71.1 Å². The number of ether oxygens (including phenoxy) is 1. The van der Waals surface area contributed by atoms with Gasteiger partial charge in [0.15, 0.2) is 5.96 Å². The van der Waals surface area contributed by atoms with E-state index in [1.54, 1.807) is 18.3 Å². The van der Waals surface area contributed by atoms with E-state index in [1.807, 2.05) is 24.3 Å². The van der Waals surface area contributed by atoms with Crippen molar-refractivity contribution in [2.24, 2.45) is 10.7 Å². The van der Waals surface area contributed by atoms with Crippen molar-refractivity contribution in [2.45, 2.75) is 25.4 Å². The number of aromatic nitrogens is 1. The molecule has 3 aromatic rings. The first kappa shape index (κ1) is 33.0. The number of benzene rings is 2. The Morgan fingerprint density at radius 3 is 2.70 bits per heavy atom. The van der Waals surface area contributed by atoms with Crippen LogP contribution in [0.4, 0.5) is 19.8 Å². The summed E-state index contributed by atoms with van der Waals surface area (Å²) in [5.74, 6) is -0.533. The molecule has 0 spiro atoms. The third-order valence-corrected chi connectivity index (χ3v) is 6.32. The van der Waals surface area contributed by atoms with Gasteiger partial charge in [-0.1, -0.05) is 48.0 Å². The number of pyridine rings is 1. The smallest absolute Gasteiger partial charge is 0.412 e. The minimum Gasteiger partial charge on any atom is -0.447 e. The number of fused-ring (bicyclic) bond motifs is 1. The van der Waals surface area contributed by atoms with E-state index in [4.69, 9.17) is 27.2 Å². The van der Waals surface area contributed by atoms with Crippen molar-refractivity contribution in [1.82, 2.24) is 26.3 Å². The van der Waals surface area contributed by atoms with Gasteiger partial charge in [0.2, 0.25) is 5.91 Å². The molecule has 8 N–H and O–H groups in total. The summed E-state index contributed by atoms with van der Waals surface area (Å²) in [6.07, 6.45) is 1.67. The van der Waals surface area contributed by atoms with Gasteiger partial charge in [-0.05, 0) is 35.9 Å². The van der Waals surface area contributed by atoms with Gasteiger partial charge < -0.3 is 31.5 Å². The summed E-state index contributed by atoms with van der Waals surface area (Å²) in [7, 11) is 0. The van der Waals surface area contributed by atoms with Crippen molar-refractivity contribution < 1.29 is 28.6 Å². The average Bonchev–Trinajstić information content (AvgIpc) is 2.98. The molecule has 15 heteroatoms. The molecule has 230 valence electrons. The van der Waals surface area contributed by atoms with Gasteiger partial charge in [0.1, 0.15) is 18.2 Å². The lowest BCUT2D eigenvalue weighted by atomic mass is 10.1. The second kappa shape index (κ2) is 17.4. The van der Waals surface area contributed by atoms with E-state index in [2.05, 4.69) is 36.6 Å². The molecule has 13 nitrogen and oxygen atoms in total. The van der Waals surface area contributed by atoms with Gasteiger partial charge in [0.05, 0.1) is 24.2 Å². The first-order chi connectivity index (χ1) is 20.7. The van der Waals surface area contributed by atoms with Gasteiger partial charge in [-0.3, -0.25) is 20.4 Å². The highest BCUT2D eigenvalue weighted by atomic mass is 35.5. The van der Waals surface area contributed by atoms with E-state index in [0.29, 0.717) is 24.2 Å². The van der Waals surface area contributed by atoms with Crippen LogP contribution in [0.2, 0.25) is 5.02 Å². The summed E-state index contributed by atoms with van der Waals surface area (Å²) in [4.78, 5) is 44.8. The monoisotopic (exact) mass is 616 g/mol. The van der Waals surface area contributed by atoms with Crippen LogP contribution in [-0.4, -0.2) is 73.0 Å². The Morgan fingerprint density at radius 1 is 1.14 bits per heavy atom. The molecule has 0 unspecified atom stereocenters. The Labute approximate surface area is 252 Å². The molecule has 0 saturated carbocycles. The van der Waals surface area contributed by atoms with Gasteiger partial charge in [0, 0.05) is 31.2 Å². The molecule has 4 amide bonds. The maximum absolute atomic E-state index is 13.7. The third-order valence-electron chi connectivity index (χ3n) is 5.90. The van der Waals surface area contributed by atoms with Gasteiger partial charge in [-0.15, -0.1) is 0 Å². The molecular weight excluding hydrogens is 583 g/mol. The van der Waals surface area contributed by atoms with Gasteiger partial charge in [-0.25, -0.2) is 19.0 Å². The average molecular weight is 617 g/mol. The van der Waals surface area contributed by atoms with Crippen LogP contribution < -0.4 is 32.3 Å². The molecule has 0 aliphatic rings. The number of anilines is 1. The lowest BCUT2D eigenvalue weighted by Gasteiger charge is -2.19. The van der Waals surface area contributed by atoms with E-state index in [-0.39, 0.29) is 56.3 Å². The highest BCUT2D eigenvalue weighted by Gasteiger charge is 2.16. The number of hydrogen-bond acceptors (Lipinski definition) is 8.